The van der Waals surface area contributed by atoms with Crippen LogP contribution < -0.4 is 11.1 Å². The van der Waals surface area contributed by atoms with Gasteiger partial charge in [-0.1, -0.05) is 39.8 Å². The van der Waals surface area contributed by atoms with Crippen molar-refractivity contribution in [1.82, 2.24) is 10.2 Å². The molecule has 0 radical (unpaired) electrons. The first-order chi connectivity index (χ1) is 11.6. The van der Waals surface area contributed by atoms with Crippen LogP contribution >= 0.6 is 0 Å². The molecule has 140 valence electrons. The van der Waals surface area contributed by atoms with E-state index in [4.69, 9.17) is 5.73 Å². The van der Waals surface area contributed by atoms with E-state index in [1.807, 2.05) is 0 Å². The zero-order valence-corrected chi connectivity index (χ0v) is 15.9. The standard InChI is InChI=1S/C20H32FN3O/c1-19(2,3)11-17(15-5-7-16(21)8-6-15)23-18(25)12-24-10-9-20(4,13-22)14-24/h5-8,17H,9-14,22H2,1-4H3,(H,23,25). The Bertz CT molecular complexity index is 582. The Morgan fingerprint density at radius 2 is 2.00 bits per heavy atom. The van der Waals surface area contributed by atoms with Crippen LogP contribution in [0.3, 0.4) is 0 Å². The lowest BCUT2D eigenvalue weighted by molar-refractivity contribution is -0.123. The minimum absolute atomic E-state index is 0.0137. The van der Waals surface area contributed by atoms with Crippen LogP contribution in [0.5, 0.6) is 0 Å². The van der Waals surface area contributed by atoms with Crippen LogP contribution in [0.25, 0.3) is 0 Å². The number of carbonyl (C=O) groups is 1. The monoisotopic (exact) mass is 349 g/mol. The molecular weight excluding hydrogens is 317 g/mol. The number of likely N-dealkylation sites (tertiary alicyclic amines) is 1. The Morgan fingerprint density at radius 3 is 2.52 bits per heavy atom. The minimum atomic E-state index is -0.261. The molecule has 25 heavy (non-hydrogen) atoms. The summed E-state index contributed by atoms with van der Waals surface area (Å²) in [7, 11) is 0. The lowest BCUT2D eigenvalue weighted by atomic mass is 9.85. The van der Waals surface area contributed by atoms with Gasteiger partial charge in [0.2, 0.25) is 5.91 Å². The maximum atomic E-state index is 13.2. The molecule has 1 saturated heterocycles. The number of hydrogen-bond donors (Lipinski definition) is 2. The topological polar surface area (TPSA) is 58.4 Å². The van der Waals surface area contributed by atoms with E-state index in [2.05, 4.69) is 37.9 Å². The molecule has 0 bridgehead atoms. The zero-order chi connectivity index (χ0) is 18.7. The van der Waals surface area contributed by atoms with Crippen molar-refractivity contribution >= 4 is 5.91 Å². The fourth-order valence-corrected chi connectivity index (χ4v) is 3.43. The molecule has 4 nitrogen and oxygen atoms in total. The molecule has 1 aromatic carbocycles. The van der Waals surface area contributed by atoms with Gasteiger partial charge in [0.1, 0.15) is 5.82 Å². The SMILES string of the molecule is CC(C)(C)CC(NC(=O)CN1CCC(C)(CN)C1)c1ccc(F)cc1. The minimum Gasteiger partial charge on any atom is -0.348 e. The molecule has 0 aromatic heterocycles. The molecule has 2 rings (SSSR count). The van der Waals surface area contributed by atoms with Crippen molar-refractivity contribution in [1.29, 1.82) is 0 Å². The smallest absolute Gasteiger partial charge is 0.234 e. The van der Waals surface area contributed by atoms with Crippen molar-refractivity contribution in [2.45, 2.75) is 46.6 Å². The molecule has 1 aliphatic rings. The molecule has 0 aliphatic carbocycles. The van der Waals surface area contributed by atoms with Gasteiger partial charge < -0.3 is 11.1 Å². The molecule has 0 spiro atoms. The normalized spacial score (nSPS) is 22.8. The maximum absolute atomic E-state index is 13.2. The third-order valence-corrected chi connectivity index (χ3v) is 4.92. The van der Waals surface area contributed by atoms with Crippen molar-refractivity contribution in [2.75, 3.05) is 26.2 Å². The number of hydrogen-bond acceptors (Lipinski definition) is 3. The number of nitrogens with one attached hydrogen (secondary N) is 1. The largest absolute Gasteiger partial charge is 0.348 e. The third-order valence-electron chi connectivity index (χ3n) is 4.92. The van der Waals surface area contributed by atoms with E-state index < -0.39 is 0 Å². The van der Waals surface area contributed by atoms with E-state index in [9.17, 15) is 9.18 Å². The van der Waals surface area contributed by atoms with Gasteiger partial charge in [-0.25, -0.2) is 4.39 Å². The van der Waals surface area contributed by atoms with E-state index >= 15 is 0 Å². The zero-order valence-electron chi connectivity index (χ0n) is 15.9. The van der Waals surface area contributed by atoms with E-state index in [1.165, 1.54) is 12.1 Å². The summed E-state index contributed by atoms with van der Waals surface area (Å²) < 4.78 is 13.2. The molecule has 2 unspecified atom stereocenters. The van der Waals surface area contributed by atoms with E-state index in [0.717, 1.165) is 31.5 Å². The summed E-state index contributed by atoms with van der Waals surface area (Å²) in [5.41, 5.74) is 6.95. The van der Waals surface area contributed by atoms with Crippen LogP contribution in [-0.2, 0) is 4.79 Å². The highest BCUT2D eigenvalue weighted by atomic mass is 19.1. The van der Waals surface area contributed by atoms with Gasteiger partial charge in [-0.3, -0.25) is 9.69 Å². The van der Waals surface area contributed by atoms with Crippen LogP contribution in [0, 0.1) is 16.6 Å². The fourth-order valence-electron chi connectivity index (χ4n) is 3.43. The van der Waals surface area contributed by atoms with Gasteiger partial charge in [-0.05, 0) is 54.5 Å². The Labute approximate surface area is 151 Å². The van der Waals surface area contributed by atoms with Crippen molar-refractivity contribution in [3.63, 3.8) is 0 Å². The molecule has 1 aliphatic heterocycles. The summed E-state index contributed by atoms with van der Waals surface area (Å²) in [4.78, 5) is 14.7. The average Bonchev–Trinajstić information content (AvgIpc) is 2.88. The predicted octanol–water partition coefficient (Wildman–Crippen LogP) is 3.09. The van der Waals surface area contributed by atoms with E-state index in [1.54, 1.807) is 12.1 Å². The molecule has 0 saturated carbocycles. The van der Waals surface area contributed by atoms with Crippen LogP contribution in [0.1, 0.15) is 52.1 Å². The molecule has 1 aromatic rings. The van der Waals surface area contributed by atoms with Crippen LogP contribution in [-0.4, -0.2) is 37.0 Å². The summed E-state index contributed by atoms with van der Waals surface area (Å²) in [6, 6.07) is 6.30. The first-order valence-electron chi connectivity index (χ1n) is 9.07. The molecule has 1 fully saturated rings. The first-order valence-corrected chi connectivity index (χ1v) is 9.07. The highest BCUT2D eigenvalue weighted by Crippen LogP contribution is 2.30. The van der Waals surface area contributed by atoms with Crippen LogP contribution in [0.15, 0.2) is 24.3 Å². The number of halogens is 1. The highest BCUT2D eigenvalue weighted by Gasteiger charge is 2.33. The predicted molar refractivity (Wildman–Crippen MR) is 99.6 cm³/mol. The molecule has 2 atom stereocenters. The number of carbonyl (C=O) groups excluding carboxylic acids is 1. The summed E-state index contributed by atoms with van der Waals surface area (Å²) in [6.07, 6.45) is 1.82. The lowest BCUT2D eigenvalue weighted by Crippen LogP contribution is -2.40. The number of nitrogens with zero attached hydrogens (tertiary/aromatic N) is 1. The van der Waals surface area contributed by atoms with Crippen LogP contribution in [0.4, 0.5) is 4.39 Å². The van der Waals surface area contributed by atoms with Crippen molar-refractivity contribution in [2.24, 2.45) is 16.6 Å². The molecule has 1 amide bonds. The van der Waals surface area contributed by atoms with Gasteiger partial charge in [0.15, 0.2) is 0 Å². The van der Waals surface area contributed by atoms with Gasteiger partial charge >= 0.3 is 0 Å². The highest BCUT2D eigenvalue weighted by molar-refractivity contribution is 5.78. The Kier molecular flexibility index (Phi) is 6.22. The molecule has 3 N–H and O–H groups in total. The van der Waals surface area contributed by atoms with E-state index in [-0.39, 0.29) is 28.6 Å². The summed E-state index contributed by atoms with van der Waals surface area (Å²) in [5, 5.41) is 3.15. The molecular formula is C20H32FN3O. The third kappa shape index (κ3) is 6.08. The van der Waals surface area contributed by atoms with Gasteiger partial charge in [0.05, 0.1) is 12.6 Å². The number of amides is 1. The number of benzene rings is 1. The van der Waals surface area contributed by atoms with Gasteiger partial charge in [-0.15, -0.1) is 0 Å². The molecule has 5 heteroatoms. The summed E-state index contributed by atoms with van der Waals surface area (Å²) >= 11 is 0. The number of rotatable bonds is 6. The second-order valence-corrected chi connectivity index (χ2v) is 8.91. The number of nitrogens with two attached hydrogens (primary N) is 1. The Morgan fingerprint density at radius 1 is 1.36 bits per heavy atom. The first kappa shape index (κ1) is 19.9. The van der Waals surface area contributed by atoms with Crippen molar-refractivity contribution < 1.29 is 9.18 Å². The second-order valence-electron chi connectivity index (χ2n) is 8.91. The Balaban J connectivity index is 2.01. The fraction of sp³-hybridized carbons (Fsp3) is 0.650. The maximum Gasteiger partial charge on any atom is 0.234 e. The van der Waals surface area contributed by atoms with Crippen molar-refractivity contribution in [3.8, 4) is 0 Å². The Hall–Kier alpha value is -1.46. The summed E-state index contributed by atoms with van der Waals surface area (Å²) in [5.74, 6) is -0.248. The van der Waals surface area contributed by atoms with Crippen LogP contribution in [0.2, 0.25) is 0 Å². The van der Waals surface area contributed by atoms with E-state index in [0.29, 0.717) is 13.1 Å². The van der Waals surface area contributed by atoms with Gasteiger partial charge in [0.25, 0.3) is 0 Å². The quantitative estimate of drug-likeness (QED) is 0.830. The summed E-state index contributed by atoms with van der Waals surface area (Å²) in [6.45, 7) is 11.4. The van der Waals surface area contributed by atoms with Gasteiger partial charge in [-0.2, -0.15) is 0 Å². The average molecular weight is 349 g/mol. The van der Waals surface area contributed by atoms with Gasteiger partial charge in [0, 0.05) is 6.54 Å². The molecule has 1 heterocycles. The lowest BCUT2D eigenvalue weighted by Gasteiger charge is -2.28. The van der Waals surface area contributed by atoms with Crippen molar-refractivity contribution in [3.05, 3.63) is 35.6 Å². The second kappa shape index (κ2) is 7.83.